The van der Waals surface area contributed by atoms with Gasteiger partial charge in [0.2, 0.25) is 0 Å². The van der Waals surface area contributed by atoms with Gasteiger partial charge in [-0.05, 0) is 148 Å². The number of aliphatic hydroxyl groups is 2. The van der Waals surface area contributed by atoms with Crippen LogP contribution >= 0.6 is 0 Å². The number of aliphatic hydroxyl groups excluding tert-OH is 2. The van der Waals surface area contributed by atoms with Crippen LogP contribution in [0.4, 0.5) is 13.2 Å². The highest BCUT2D eigenvalue weighted by molar-refractivity contribution is 6.10. The number of ether oxygens (including phenoxy) is 5. The molecule has 0 fully saturated rings. The van der Waals surface area contributed by atoms with Gasteiger partial charge in [0.1, 0.15) is 63.9 Å². The lowest BCUT2D eigenvalue weighted by Crippen LogP contribution is -2.10. The van der Waals surface area contributed by atoms with Crippen LogP contribution in [0.2, 0.25) is 0 Å². The monoisotopic (exact) mass is 1220 g/mol. The smallest absolute Gasteiger partial charge is 0.341 e. The molecule has 11 aromatic rings. The zero-order valence-electron chi connectivity index (χ0n) is 48.8. The Bertz CT molecular complexity index is 4390. The van der Waals surface area contributed by atoms with Gasteiger partial charge in [-0.2, -0.15) is 0 Å². The molecule has 0 aliphatic carbocycles. The van der Waals surface area contributed by atoms with Crippen LogP contribution in [0.25, 0.3) is 32.7 Å². The Morgan fingerprint density at radius 2 is 0.744 bits per heavy atom. The minimum absolute atomic E-state index is 0.0166. The number of esters is 3. The average molecular weight is 1220 g/mol. The third-order valence-electron chi connectivity index (χ3n) is 14.3. The van der Waals surface area contributed by atoms with Gasteiger partial charge in [-0.1, -0.05) is 97.1 Å². The van der Waals surface area contributed by atoms with Gasteiger partial charge >= 0.3 is 23.9 Å². The summed E-state index contributed by atoms with van der Waals surface area (Å²) in [6.07, 6.45) is 6.37. The van der Waals surface area contributed by atoms with Crippen molar-refractivity contribution in [2.24, 2.45) is 0 Å². The van der Waals surface area contributed by atoms with Crippen molar-refractivity contribution in [1.82, 2.24) is 15.0 Å². The van der Waals surface area contributed by atoms with Gasteiger partial charge in [0, 0.05) is 34.7 Å². The zero-order valence-corrected chi connectivity index (χ0v) is 48.8. The van der Waals surface area contributed by atoms with E-state index < -0.39 is 23.9 Å². The fourth-order valence-electron chi connectivity index (χ4n) is 9.86. The Kier molecular flexibility index (Phi) is 20.9. The lowest BCUT2D eigenvalue weighted by atomic mass is 9.99. The Balaban J connectivity index is 0.000000162. The predicted octanol–water partition coefficient (Wildman–Crippen LogP) is 12.8. The Labute approximate surface area is 514 Å². The first-order valence-electron chi connectivity index (χ1n) is 27.9. The number of phenols is 1. The van der Waals surface area contributed by atoms with E-state index >= 15 is 0 Å². The van der Waals surface area contributed by atoms with E-state index in [0.717, 1.165) is 44.5 Å². The van der Waals surface area contributed by atoms with Crippen molar-refractivity contribution in [2.75, 3.05) is 21.3 Å². The number of aromatic hydroxyl groups is 1. The number of benzene rings is 8. The Hall–Kier alpha value is -11.0. The quantitative estimate of drug-likeness (QED) is 0.0462. The van der Waals surface area contributed by atoms with E-state index in [9.17, 15) is 52.8 Å². The third-order valence-corrected chi connectivity index (χ3v) is 14.3. The molecule has 0 saturated heterocycles. The molecule has 0 radical (unpaired) electrons. The van der Waals surface area contributed by atoms with Gasteiger partial charge in [-0.25, -0.2) is 32.3 Å². The first kappa shape index (κ1) is 63.5. The minimum atomic E-state index is -1.21. The van der Waals surface area contributed by atoms with Crippen LogP contribution in [0.5, 0.6) is 17.2 Å². The molecule has 0 atom stereocenters. The highest BCUT2D eigenvalue weighted by Gasteiger charge is 2.25. The van der Waals surface area contributed by atoms with Crippen molar-refractivity contribution < 1.29 is 76.5 Å². The van der Waals surface area contributed by atoms with Gasteiger partial charge < -0.3 is 44.1 Å². The predicted molar refractivity (Wildman–Crippen MR) is 329 cm³/mol. The van der Waals surface area contributed by atoms with Gasteiger partial charge in [-0.3, -0.25) is 15.0 Å². The summed E-state index contributed by atoms with van der Waals surface area (Å²) in [6, 6.07) is 47.1. The van der Waals surface area contributed by atoms with Crippen LogP contribution in [0.3, 0.4) is 0 Å². The van der Waals surface area contributed by atoms with Gasteiger partial charge in [0.15, 0.2) is 17.2 Å². The maximum Gasteiger partial charge on any atom is 0.341 e. The van der Waals surface area contributed by atoms with E-state index in [4.69, 9.17) is 18.9 Å². The number of rotatable bonds is 18. The fourth-order valence-corrected chi connectivity index (χ4v) is 9.86. The number of nitrogens with zero attached hydrogens (tertiary/aromatic N) is 3. The van der Waals surface area contributed by atoms with Crippen molar-refractivity contribution in [3.05, 3.63) is 284 Å². The molecular weight excluding hydrogens is 1160 g/mol. The molecule has 0 spiro atoms. The summed E-state index contributed by atoms with van der Waals surface area (Å²) in [5.41, 5.74) is 8.94. The lowest BCUT2D eigenvalue weighted by molar-refractivity contribution is 0.0586. The van der Waals surface area contributed by atoms with E-state index in [2.05, 4.69) is 19.7 Å². The Morgan fingerprint density at radius 3 is 1.13 bits per heavy atom. The van der Waals surface area contributed by atoms with E-state index in [1.54, 1.807) is 73.2 Å². The average Bonchev–Trinajstić information content (AvgIpc) is 0.799. The standard InChI is InChI=1S/C26H20FNO5.C26H22FNO4.C19H16FNO4/c1-32-26(31)22-13-21(25(29)30)20-12-18(11-16-7-9-19(27)10-8-16)14-28-23(20)24(22)33-15-17-5-3-2-4-6-17;1-31-26(30)23-13-20(15-29)22-12-19(11-17-7-9-21(27)10-8-17)14-28-24(22)25(23)32-16-18-5-3-2-4-6-18;1-25-19(24)16-8-13(10-22)15-7-12(9-21-17(15)18(16)23)6-11-2-4-14(20)5-3-11/h2-10,12-14H,11,15H2,1H3,(H,29,30);2-10,12-14,29H,11,15-16H2,1H3;2-5,7-9,22-23H,6,10H2,1H3. The molecule has 0 unspecified atom stereocenters. The number of pyridine rings is 3. The molecular formula is C71H58F3N3O13. The molecule has 19 heteroatoms. The number of fused-ring (bicyclic) bond motifs is 3. The highest BCUT2D eigenvalue weighted by Crippen LogP contribution is 2.37. The van der Waals surface area contributed by atoms with Crippen LogP contribution in [-0.4, -0.2) is 80.6 Å². The number of hydrogen-bond donors (Lipinski definition) is 4. The molecule has 0 saturated carbocycles. The molecule has 3 aromatic heterocycles. The highest BCUT2D eigenvalue weighted by atomic mass is 19.1. The largest absolute Gasteiger partial charge is 0.505 e. The third kappa shape index (κ3) is 15.4. The van der Waals surface area contributed by atoms with E-state index in [1.807, 2.05) is 66.7 Å². The molecule has 0 bridgehead atoms. The number of hydrogen-bond acceptors (Lipinski definition) is 15. The molecule has 456 valence electrons. The van der Waals surface area contributed by atoms with Crippen LogP contribution in [-0.2, 0) is 59.9 Å². The first-order chi connectivity index (χ1) is 43.6. The van der Waals surface area contributed by atoms with Gasteiger partial charge in [0.25, 0.3) is 0 Å². The second kappa shape index (κ2) is 29.6. The number of methoxy groups -OCH3 is 3. The molecule has 11 rings (SSSR count). The summed E-state index contributed by atoms with van der Waals surface area (Å²) in [4.78, 5) is 61.9. The molecule has 4 N–H and O–H groups in total. The molecule has 0 amide bonds. The fraction of sp³-hybridized carbons (Fsp3) is 0.141. The molecule has 3 heterocycles. The second-order valence-corrected chi connectivity index (χ2v) is 20.4. The SMILES string of the molecule is COC(=O)c1cc(C(=O)O)c2cc(Cc3ccc(F)cc3)cnc2c1OCc1ccccc1.COC(=O)c1cc(CO)c2cc(Cc3ccc(F)cc3)cnc2c1O.COC(=O)c1cc(CO)c2cc(Cc3ccc(F)cc3)cnc2c1OCc1ccccc1. The van der Waals surface area contributed by atoms with Crippen LogP contribution in [0.1, 0.15) is 97.1 Å². The number of carbonyl (C=O) groups excluding carboxylic acids is 3. The molecule has 8 aromatic carbocycles. The summed E-state index contributed by atoms with van der Waals surface area (Å²) < 4.78 is 65.9. The van der Waals surface area contributed by atoms with Gasteiger partial charge in [0.05, 0.1) is 40.1 Å². The summed E-state index contributed by atoms with van der Waals surface area (Å²) in [7, 11) is 3.72. The first-order valence-corrected chi connectivity index (χ1v) is 27.9. The molecule has 16 nitrogen and oxygen atoms in total. The van der Waals surface area contributed by atoms with E-state index in [1.165, 1.54) is 69.9 Å². The van der Waals surface area contributed by atoms with Crippen molar-refractivity contribution >= 4 is 56.6 Å². The van der Waals surface area contributed by atoms with Gasteiger partial charge in [-0.15, -0.1) is 0 Å². The molecule has 0 aliphatic heterocycles. The normalized spacial score (nSPS) is 10.8. The van der Waals surface area contributed by atoms with Crippen LogP contribution < -0.4 is 9.47 Å². The second-order valence-electron chi connectivity index (χ2n) is 20.4. The topological polar surface area (TPSA) is 234 Å². The number of carboxylic acid groups (broad SMARTS) is 1. The number of carboxylic acids is 1. The number of aromatic carboxylic acids is 1. The minimum Gasteiger partial charge on any atom is -0.505 e. The molecule has 90 heavy (non-hydrogen) atoms. The maximum absolute atomic E-state index is 13.2. The van der Waals surface area contributed by atoms with Crippen molar-refractivity contribution in [3.63, 3.8) is 0 Å². The lowest BCUT2D eigenvalue weighted by Gasteiger charge is -2.16. The number of carbonyl (C=O) groups is 4. The Morgan fingerprint density at radius 1 is 0.400 bits per heavy atom. The summed E-state index contributed by atoms with van der Waals surface area (Å²) in [5, 5.41) is 41.2. The van der Waals surface area contributed by atoms with E-state index in [-0.39, 0.29) is 88.7 Å². The number of aromatic nitrogens is 3. The van der Waals surface area contributed by atoms with Crippen LogP contribution in [0, 0.1) is 17.5 Å². The summed E-state index contributed by atoms with van der Waals surface area (Å²) >= 11 is 0. The number of halogens is 3. The zero-order chi connectivity index (χ0) is 63.8. The summed E-state index contributed by atoms with van der Waals surface area (Å²) in [5.74, 6) is -3.95. The molecule has 0 aliphatic rings. The number of phenolic OH excluding ortho intramolecular Hbond substituents is 1. The van der Waals surface area contributed by atoms with Crippen molar-refractivity contribution in [2.45, 2.75) is 45.7 Å². The van der Waals surface area contributed by atoms with Crippen molar-refractivity contribution in [1.29, 1.82) is 0 Å². The van der Waals surface area contributed by atoms with E-state index in [0.29, 0.717) is 57.8 Å². The summed E-state index contributed by atoms with van der Waals surface area (Å²) in [6.45, 7) is -0.188. The maximum atomic E-state index is 13.2. The van der Waals surface area contributed by atoms with Crippen LogP contribution in [0.15, 0.2) is 188 Å². The van der Waals surface area contributed by atoms with Crippen molar-refractivity contribution in [3.8, 4) is 17.2 Å².